The molecule has 0 saturated carbocycles. The van der Waals surface area contributed by atoms with E-state index in [0.29, 0.717) is 18.9 Å². The van der Waals surface area contributed by atoms with Crippen LogP contribution >= 0.6 is 12.3 Å². The van der Waals surface area contributed by atoms with Gasteiger partial charge >= 0.3 is 0 Å². The predicted molar refractivity (Wildman–Crippen MR) is 50.9 cm³/mol. The van der Waals surface area contributed by atoms with Crippen LogP contribution in [0.15, 0.2) is 0 Å². The minimum absolute atomic E-state index is 0.0277. The van der Waals surface area contributed by atoms with Crippen molar-refractivity contribution < 1.29 is 27.2 Å². The monoisotopic (exact) mass is 247 g/mol. The molecule has 9 heteroatoms. The quantitative estimate of drug-likeness (QED) is 0.246. The van der Waals surface area contributed by atoms with Crippen molar-refractivity contribution in [2.24, 2.45) is 0 Å². The van der Waals surface area contributed by atoms with Crippen molar-refractivity contribution in [1.29, 1.82) is 0 Å². The number of rotatable bonds is 9. The van der Waals surface area contributed by atoms with Crippen molar-refractivity contribution >= 4 is 22.2 Å². The van der Waals surface area contributed by atoms with Crippen LogP contribution < -0.4 is 5.32 Å². The third kappa shape index (κ3) is 8.69. The number of hydrogen-bond donors (Lipinski definition) is 2. The van der Waals surface area contributed by atoms with Gasteiger partial charge < -0.3 is 5.32 Å². The molecule has 0 amide bonds. The average molecular weight is 247 g/mol. The second kappa shape index (κ2) is 8.41. The number of hydrogen-bond acceptors (Lipinski definition) is 8. The van der Waals surface area contributed by atoms with Crippen LogP contribution in [-0.2, 0) is 23.4 Å². The highest BCUT2D eigenvalue weighted by molar-refractivity contribution is 7.91. The molecule has 0 aliphatic rings. The molecule has 0 atom stereocenters. The minimum Gasteiger partial charge on any atom is -0.319 e. The molecule has 86 valence electrons. The predicted octanol–water partition coefficient (Wildman–Crippen LogP) is -0.378. The standard InChI is InChI=1S/C5H13NO6S2/c1-6-2-4-14(8,9)5-3-10-13-12-11-7/h6-7H,2-5H2,1H3. The highest BCUT2D eigenvalue weighted by Gasteiger charge is 2.09. The first kappa shape index (κ1) is 14.1. The molecule has 0 fully saturated rings. The summed E-state index contributed by atoms with van der Waals surface area (Å²) in [6.07, 6.45) is 0. The average Bonchev–Trinajstić information content (AvgIpc) is 2.15. The van der Waals surface area contributed by atoms with Crippen LogP contribution in [0.5, 0.6) is 0 Å². The van der Waals surface area contributed by atoms with Crippen LogP contribution in [-0.4, -0.2) is 45.4 Å². The van der Waals surface area contributed by atoms with Gasteiger partial charge in [0, 0.05) is 6.54 Å². The molecule has 0 saturated heterocycles. The Morgan fingerprint density at radius 1 is 1.43 bits per heavy atom. The first-order valence-corrected chi connectivity index (χ1v) is 6.22. The van der Waals surface area contributed by atoms with E-state index in [2.05, 4.69) is 18.9 Å². The molecule has 0 spiro atoms. The lowest BCUT2D eigenvalue weighted by Gasteiger charge is -2.02. The minimum atomic E-state index is -3.09. The maximum atomic E-state index is 11.2. The molecule has 2 N–H and O–H groups in total. The van der Waals surface area contributed by atoms with Crippen molar-refractivity contribution in [2.45, 2.75) is 0 Å². The third-order valence-corrected chi connectivity index (χ3v) is 3.24. The molecule has 0 rings (SSSR count). The first-order chi connectivity index (χ1) is 6.62. The van der Waals surface area contributed by atoms with Gasteiger partial charge in [-0.25, -0.2) is 13.7 Å². The Bertz CT molecular complexity index is 218. The van der Waals surface area contributed by atoms with Crippen molar-refractivity contribution in [3.8, 4) is 0 Å². The first-order valence-electron chi connectivity index (χ1n) is 3.74. The summed E-state index contributed by atoms with van der Waals surface area (Å²) < 4.78 is 30.8. The van der Waals surface area contributed by atoms with E-state index in [-0.39, 0.29) is 18.1 Å². The maximum absolute atomic E-state index is 11.2. The summed E-state index contributed by atoms with van der Waals surface area (Å²) in [7, 11) is -1.42. The lowest BCUT2D eigenvalue weighted by atomic mass is 10.8. The van der Waals surface area contributed by atoms with Crippen molar-refractivity contribution in [1.82, 2.24) is 5.32 Å². The van der Waals surface area contributed by atoms with E-state index in [1.54, 1.807) is 7.05 Å². The molecule has 0 radical (unpaired) electrons. The lowest BCUT2D eigenvalue weighted by Crippen LogP contribution is -2.22. The van der Waals surface area contributed by atoms with Crippen LogP contribution in [0.2, 0.25) is 0 Å². The summed E-state index contributed by atoms with van der Waals surface area (Å²) in [6, 6.07) is 0. The zero-order valence-corrected chi connectivity index (χ0v) is 9.27. The molecule has 0 aliphatic heterocycles. The summed E-state index contributed by atoms with van der Waals surface area (Å²) >= 11 is 0.365. The molecular formula is C5H13NO6S2. The van der Waals surface area contributed by atoms with Gasteiger partial charge in [0.25, 0.3) is 0 Å². The van der Waals surface area contributed by atoms with Crippen LogP contribution in [0.1, 0.15) is 0 Å². The molecule has 0 aliphatic carbocycles. The molecule has 0 unspecified atom stereocenters. The largest absolute Gasteiger partial charge is 0.319 e. The van der Waals surface area contributed by atoms with Gasteiger partial charge in [-0.15, -0.1) is 4.33 Å². The molecule has 14 heavy (non-hydrogen) atoms. The molecule has 0 aromatic heterocycles. The SMILES string of the molecule is CNCCS(=O)(=O)CCOSOOO. The van der Waals surface area contributed by atoms with Crippen molar-refractivity contribution in [3.05, 3.63) is 0 Å². The second-order valence-corrected chi connectivity index (χ2v) is 5.10. The number of nitrogens with one attached hydrogen (secondary N) is 1. The Labute approximate surface area is 86.9 Å². The van der Waals surface area contributed by atoms with E-state index in [1.165, 1.54) is 0 Å². The fraction of sp³-hybridized carbons (Fsp3) is 1.00. The Kier molecular flexibility index (Phi) is 8.47. The van der Waals surface area contributed by atoms with Crippen LogP contribution in [0.4, 0.5) is 0 Å². The molecule has 0 heterocycles. The van der Waals surface area contributed by atoms with Gasteiger partial charge in [0.1, 0.15) is 0 Å². The highest BCUT2D eigenvalue weighted by atomic mass is 32.2. The highest BCUT2D eigenvalue weighted by Crippen LogP contribution is 2.04. The van der Waals surface area contributed by atoms with Gasteiger partial charge in [0.2, 0.25) is 0 Å². The molecule has 7 nitrogen and oxygen atoms in total. The van der Waals surface area contributed by atoms with Gasteiger partial charge in [0.15, 0.2) is 22.2 Å². The fourth-order valence-electron chi connectivity index (χ4n) is 0.587. The molecule has 0 aromatic rings. The van der Waals surface area contributed by atoms with E-state index >= 15 is 0 Å². The van der Waals surface area contributed by atoms with Gasteiger partial charge in [-0.1, -0.05) is 5.04 Å². The zero-order chi connectivity index (χ0) is 10.9. The fourth-order valence-corrected chi connectivity index (χ4v) is 1.96. The summed E-state index contributed by atoms with van der Waals surface area (Å²) in [5.41, 5.74) is 0. The maximum Gasteiger partial charge on any atom is 0.197 e. The summed E-state index contributed by atoms with van der Waals surface area (Å²) in [5, 5.41) is 13.6. The summed E-state index contributed by atoms with van der Waals surface area (Å²) in [6.45, 7) is 0.381. The van der Waals surface area contributed by atoms with Gasteiger partial charge in [-0.2, -0.15) is 0 Å². The normalized spacial score (nSPS) is 11.9. The summed E-state index contributed by atoms with van der Waals surface area (Å²) in [5.74, 6) is -0.0364. The Balaban J connectivity index is 3.46. The van der Waals surface area contributed by atoms with E-state index < -0.39 is 9.84 Å². The second-order valence-electron chi connectivity index (χ2n) is 2.29. The molecule has 0 aromatic carbocycles. The van der Waals surface area contributed by atoms with E-state index in [0.717, 1.165) is 0 Å². The Morgan fingerprint density at radius 2 is 2.14 bits per heavy atom. The van der Waals surface area contributed by atoms with E-state index in [1.807, 2.05) is 0 Å². The smallest absolute Gasteiger partial charge is 0.197 e. The Hall–Kier alpha value is 0.1000. The van der Waals surface area contributed by atoms with Crippen molar-refractivity contribution in [3.63, 3.8) is 0 Å². The van der Waals surface area contributed by atoms with Crippen LogP contribution in [0.3, 0.4) is 0 Å². The third-order valence-electron chi connectivity index (χ3n) is 1.25. The number of sulfone groups is 1. The topological polar surface area (TPSA) is 94.1 Å². The van der Waals surface area contributed by atoms with Crippen LogP contribution in [0, 0.1) is 0 Å². The van der Waals surface area contributed by atoms with Gasteiger partial charge in [-0.05, 0) is 7.05 Å². The molecular weight excluding hydrogens is 234 g/mol. The summed E-state index contributed by atoms with van der Waals surface area (Å²) in [4.78, 5) is 0. The van der Waals surface area contributed by atoms with Gasteiger partial charge in [0.05, 0.1) is 18.1 Å². The zero-order valence-electron chi connectivity index (χ0n) is 7.63. The van der Waals surface area contributed by atoms with Crippen LogP contribution in [0.25, 0.3) is 0 Å². The van der Waals surface area contributed by atoms with Gasteiger partial charge in [-0.3, -0.25) is 4.18 Å². The lowest BCUT2D eigenvalue weighted by molar-refractivity contribution is -0.434. The van der Waals surface area contributed by atoms with E-state index in [4.69, 9.17) is 5.26 Å². The molecule has 0 bridgehead atoms. The van der Waals surface area contributed by atoms with E-state index in [9.17, 15) is 8.42 Å². The van der Waals surface area contributed by atoms with Crippen molar-refractivity contribution in [2.75, 3.05) is 31.7 Å². The Morgan fingerprint density at radius 3 is 2.71 bits per heavy atom.